The molecule has 0 bridgehead atoms. The van der Waals surface area contributed by atoms with Gasteiger partial charge >= 0.3 is 0 Å². The summed E-state index contributed by atoms with van der Waals surface area (Å²) in [5.41, 5.74) is 16.7. The minimum atomic E-state index is 0.756. The third-order valence-electron chi connectivity index (χ3n) is 4.50. The topological polar surface area (TPSA) is 69.1 Å². The molecule has 0 aliphatic heterocycles. The second-order valence-corrected chi connectivity index (χ2v) is 7.81. The number of aryl methyl sites for hydroxylation is 2. The number of rotatable bonds is 10. The molecule has 0 spiro atoms. The molecule has 0 aromatic heterocycles. The highest BCUT2D eigenvalue weighted by atomic mass is 32.2. The van der Waals surface area contributed by atoms with Gasteiger partial charge in [-0.1, -0.05) is 48.1 Å². The van der Waals surface area contributed by atoms with Gasteiger partial charge in [0.2, 0.25) is 0 Å². The highest BCUT2D eigenvalue weighted by Gasteiger charge is 2.02. The van der Waals surface area contributed by atoms with E-state index < -0.39 is 0 Å². The van der Waals surface area contributed by atoms with Crippen LogP contribution in [0.1, 0.15) is 61.5 Å². The van der Waals surface area contributed by atoms with Gasteiger partial charge in [-0.3, -0.25) is 4.79 Å². The van der Waals surface area contributed by atoms with Crippen LogP contribution in [0.2, 0.25) is 0 Å². The third-order valence-corrected chi connectivity index (χ3v) is 5.52. The summed E-state index contributed by atoms with van der Waals surface area (Å²) in [6, 6.07) is 6.02. The van der Waals surface area contributed by atoms with Crippen molar-refractivity contribution in [2.75, 3.05) is 13.3 Å². The molecule has 0 amide bonds. The predicted molar refractivity (Wildman–Crippen MR) is 143 cm³/mol. The van der Waals surface area contributed by atoms with Crippen LogP contribution in [0.5, 0.6) is 0 Å². The molecule has 0 heterocycles. The van der Waals surface area contributed by atoms with E-state index in [1.54, 1.807) is 11.8 Å². The Morgan fingerprint density at radius 1 is 1.13 bits per heavy atom. The summed E-state index contributed by atoms with van der Waals surface area (Å²) in [5.74, 6) is 0. The Bertz CT molecular complexity index is 769. The van der Waals surface area contributed by atoms with Gasteiger partial charge in [-0.15, -0.1) is 18.3 Å². The average molecular weight is 443 g/mol. The molecule has 1 rings (SSSR count). The number of hydrogen-bond acceptors (Lipinski definition) is 4. The number of aldehydes is 1. The molecule has 0 unspecified atom stereocenters. The first-order valence-electron chi connectivity index (χ1n) is 10.5. The molecule has 1 aromatic rings. The van der Waals surface area contributed by atoms with E-state index in [-0.39, 0.29) is 0 Å². The fraction of sp³-hybridized carbons (Fsp3) is 0.370. The molecule has 4 N–H and O–H groups in total. The molecule has 3 nitrogen and oxygen atoms in total. The van der Waals surface area contributed by atoms with E-state index in [0.29, 0.717) is 0 Å². The first-order valence-corrected chi connectivity index (χ1v) is 11.7. The maximum Gasteiger partial charge on any atom is 0.150 e. The van der Waals surface area contributed by atoms with Crippen LogP contribution in [0, 0.1) is 6.92 Å². The first-order chi connectivity index (χ1) is 14.8. The monoisotopic (exact) mass is 442 g/mol. The zero-order valence-corrected chi connectivity index (χ0v) is 21.1. The number of nitrogens with two attached hydrogens (primary N) is 2. The average Bonchev–Trinajstić information content (AvgIpc) is 2.77. The molecule has 0 radical (unpaired) electrons. The Hall–Kier alpha value is -2.30. The van der Waals surface area contributed by atoms with Gasteiger partial charge in [-0.25, -0.2) is 0 Å². The van der Waals surface area contributed by atoms with Crippen molar-refractivity contribution in [3.63, 3.8) is 0 Å². The molecule has 0 aliphatic carbocycles. The van der Waals surface area contributed by atoms with Gasteiger partial charge in [-0.2, -0.15) is 0 Å². The molecule has 0 atom stereocenters. The fourth-order valence-electron chi connectivity index (χ4n) is 2.82. The van der Waals surface area contributed by atoms with Crippen LogP contribution >= 0.6 is 11.8 Å². The lowest BCUT2D eigenvalue weighted by atomic mass is 9.97. The van der Waals surface area contributed by atoms with Crippen molar-refractivity contribution in [3.05, 3.63) is 94.1 Å². The van der Waals surface area contributed by atoms with Crippen LogP contribution in [0.15, 0.2) is 77.4 Å². The van der Waals surface area contributed by atoms with Crippen LogP contribution in [-0.2, 0) is 6.42 Å². The Morgan fingerprint density at radius 3 is 2.23 bits per heavy atom. The highest BCUT2D eigenvalue weighted by molar-refractivity contribution is 8.02. The van der Waals surface area contributed by atoms with E-state index in [2.05, 4.69) is 50.3 Å². The smallest absolute Gasteiger partial charge is 0.150 e. The molecule has 0 saturated heterocycles. The van der Waals surface area contributed by atoms with Crippen LogP contribution in [-0.4, -0.2) is 19.6 Å². The Morgan fingerprint density at radius 2 is 1.77 bits per heavy atom. The second kappa shape index (κ2) is 19.7. The largest absolute Gasteiger partial charge is 0.402 e. The van der Waals surface area contributed by atoms with Crippen molar-refractivity contribution in [2.24, 2.45) is 11.5 Å². The summed E-state index contributed by atoms with van der Waals surface area (Å²) in [4.78, 5) is 12.2. The summed E-state index contributed by atoms with van der Waals surface area (Å²) >= 11 is 1.72. The number of hydrogen-bond donors (Lipinski definition) is 2. The van der Waals surface area contributed by atoms with E-state index in [0.717, 1.165) is 48.8 Å². The van der Waals surface area contributed by atoms with Gasteiger partial charge in [0.15, 0.2) is 0 Å². The van der Waals surface area contributed by atoms with E-state index in [1.165, 1.54) is 28.7 Å². The molecule has 172 valence electrons. The minimum absolute atomic E-state index is 0.756. The fourth-order valence-corrected chi connectivity index (χ4v) is 3.46. The van der Waals surface area contributed by atoms with Gasteiger partial charge < -0.3 is 11.5 Å². The van der Waals surface area contributed by atoms with Crippen LogP contribution in [0.25, 0.3) is 0 Å². The molecule has 0 fully saturated rings. The third kappa shape index (κ3) is 14.4. The molecule has 31 heavy (non-hydrogen) atoms. The standard InChI is InChI=1S/C18H22O.C8H15NS.CH5N/c1-5-7-18(15(4)6-2)9-8-16-10-14(3)11-17(12-16)13-19;1-4-5-6-8(10-3)7(2)9;1-2/h5-7,10-13H,1,8-9H2,2-4H3;4H,1,5-6,9H2,2-3H3;2H2,1H3/b15-6-,18-7-;8-7-;. The highest BCUT2D eigenvalue weighted by Crippen LogP contribution is 2.20. The number of benzene rings is 1. The molecule has 0 saturated carbocycles. The van der Waals surface area contributed by atoms with Gasteiger partial charge in [-0.05, 0) is 90.0 Å². The van der Waals surface area contributed by atoms with Crippen molar-refractivity contribution in [3.8, 4) is 0 Å². The quantitative estimate of drug-likeness (QED) is 0.235. The van der Waals surface area contributed by atoms with Crippen molar-refractivity contribution in [2.45, 2.75) is 53.4 Å². The summed E-state index contributed by atoms with van der Waals surface area (Å²) in [6.45, 7) is 15.5. The molecule has 0 aliphatic rings. The Kier molecular flexibility index (Phi) is 19.6. The number of allylic oxidation sites excluding steroid dienone is 8. The summed E-state index contributed by atoms with van der Waals surface area (Å²) in [5, 5.41) is 0. The first kappa shape index (κ1) is 30.9. The normalized spacial score (nSPS) is 11.8. The van der Waals surface area contributed by atoms with Crippen LogP contribution in [0.4, 0.5) is 0 Å². The van der Waals surface area contributed by atoms with E-state index in [1.807, 2.05) is 45.1 Å². The van der Waals surface area contributed by atoms with Crippen molar-refractivity contribution in [1.82, 2.24) is 0 Å². The SMILES string of the molecule is C=C/C=C(CCc1cc(C)cc(C=O)c1)\C(C)=C/C.C=CCC/C(SC)=C(\C)N.CN. The zero-order valence-electron chi connectivity index (χ0n) is 20.3. The maximum atomic E-state index is 10.9. The van der Waals surface area contributed by atoms with Gasteiger partial charge in [0, 0.05) is 16.2 Å². The summed E-state index contributed by atoms with van der Waals surface area (Å²) in [7, 11) is 1.50. The Labute approximate surface area is 195 Å². The molecular formula is C27H42N2OS. The lowest BCUT2D eigenvalue weighted by molar-refractivity contribution is 0.112. The van der Waals surface area contributed by atoms with Crippen LogP contribution < -0.4 is 11.5 Å². The van der Waals surface area contributed by atoms with E-state index >= 15 is 0 Å². The minimum Gasteiger partial charge on any atom is -0.402 e. The predicted octanol–water partition coefficient (Wildman–Crippen LogP) is 6.90. The van der Waals surface area contributed by atoms with Crippen LogP contribution in [0.3, 0.4) is 0 Å². The van der Waals surface area contributed by atoms with Crippen molar-refractivity contribution >= 4 is 18.0 Å². The number of carbonyl (C=O) groups excluding carboxylic acids is 1. The summed E-state index contributed by atoms with van der Waals surface area (Å²) < 4.78 is 0. The van der Waals surface area contributed by atoms with Gasteiger partial charge in [0.25, 0.3) is 0 Å². The molecule has 4 heteroatoms. The van der Waals surface area contributed by atoms with E-state index in [4.69, 9.17) is 5.73 Å². The van der Waals surface area contributed by atoms with Gasteiger partial charge in [0.1, 0.15) is 6.29 Å². The lowest BCUT2D eigenvalue weighted by Gasteiger charge is -2.09. The maximum absolute atomic E-state index is 10.9. The lowest BCUT2D eigenvalue weighted by Crippen LogP contribution is -1.95. The van der Waals surface area contributed by atoms with Gasteiger partial charge in [0.05, 0.1) is 0 Å². The second-order valence-electron chi connectivity index (χ2n) is 6.91. The molecule has 1 aromatic carbocycles. The molecular weight excluding hydrogens is 400 g/mol. The number of carbonyl (C=O) groups is 1. The number of thioether (sulfide) groups is 1. The van der Waals surface area contributed by atoms with Crippen molar-refractivity contribution in [1.29, 1.82) is 0 Å². The summed E-state index contributed by atoms with van der Waals surface area (Å²) in [6.07, 6.45) is 14.8. The van der Waals surface area contributed by atoms with Crippen molar-refractivity contribution < 1.29 is 4.79 Å². The van der Waals surface area contributed by atoms with E-state index in [9.17, 15) is 4.79 Å². The zero-order chi connectivity index (χ0) is 24.2. The Balaban J connectivity index is 0.